The molecule has 1 saturated carbocycles. The van der Waals surface area contributed by atoms with Gasteiger partial charge in [0.15, 0.2) is 0 Å². The van der Waals surface area contributed by atoms with Crippen LogP contribution in [0.1, 0.15) is 52.4 Å². The number of sulfonamides is 1. The van der Waals surface area contributed by atoms with E-state index in [9.17, 15) is 18.0 Å². The van der Waals surface area contributed by atoms with Crippen molar-refractivity contribution in [1.82, 2.24) is 9.62 Å². The van der Waals surface area contributed by atoms with Gasteiger partial charge in [-0.1, -0.05) is 12.8 Å². The number of carbonyl (C=O) groups excluding carboxylic acids is 2. The lowest BCUT2D eigenvalue weighted by atomic mass is 9.92. The summed E-state index contributed by atoms with van der Waals surface area (Å²) >= 11 is 0. The number of nitrogens with one attached hydrogen (secondary N) is 1. The zero-order chi connectivity index (χ0) is 22.5. The Hall–Kier alpha value is -2.13. The molecule has 1 amide bonds. The summed E-state index contributed by atoms with van der Waals surface area (Å²) in [6.45, 7) is 4.94. The maximum atomic E-state index is 12.9. The van der Waals surface area contributed by atoms with Gasteiger partial charge in [-0.2, -0.15) is 4.31 Å². The van der Waals surface area contributed by atoms with Gasteiger partial charge in [0.05, 0.1) is 18.1 Å². The third kappa shape index (κ3) is 5.20. The lowest BCUT2D eigenvalue weighted by Crippen LogP contribution is -2.56. The van der Waals surface area contributed by atoms with Crippen molar-refractivity contribution in [3.63, 3.8) is 0 Å². The molecule has 0 radical (unpaired) electrons. The van der Waals surface area contributed by atoms with Crippen LogP contribution in [0.5, 0.6) is 5.75 Å². The SMILES string of the molecule is CCOC(=O)C1(NC(=O)C2CCN(S(=O)(=O)c3ccc(OCC)cc3)CC2)CCCC1. The predicted octanol–water partition coefficient (Wildman–Crippen LogP) is 2.48. The molecule has 8 nitrogen and oxygen atoms in total. The maximum Gasteiger partial charge on any atom is 0.331 e. The van der Waals surface area contributed by atoms with Gasteiger partial charge >= 0.3 is 5.97 Å². The minimum absolute atomic E-state index is 0.187. The van der Waals surface area contributed by atoms with Crippen LogP contribution in [0.4, 0.5) is 0 Å². The van der Waals surface area contributed by atoms with Crippen LogP contribution >= 0.6 is 0 Å². The van der Waals surface area contributed by atoms with E-state index in [1.165, 1.54) is 4.31 Å². The molecule has 0 atom stereocenters. The molecule has 31 heavy (non-hydrogen) atoms. The Morgan fingerprint density at radius 3 is 2.23 bits per heavy atom. The highest BCUT2D eigenvalue weighted by Crippen LogP contribution is 2.32. The second-order valence-electron chi connectivity index (χ2n) is 8.08. The highest BCUT2D eigenvalue weighted by molar-refractivity contribution is 7.89. The molecule has 0 unspecified atom stereocenters. The van der Waals surface area contributed by atoms with Crippen LogP contribution in [0, 0.1) is 5.92 Å². The van der Waals surface area contributed by atoms with Crippen LogP contribution in [-0.4, -0.2) is 56.4 Å². The van der Waals surface area contributed by atoms with Crippen LogP contribution < -0.4 is 10.1 Å². The first-order chi connectivity index (χ1) is 14.8. The second kappa shape index (κ2) is 9.99. The minimum atomic E-state index is -3.63. The summed E-state index contributed by atoms with van der Waals surface area (Å²) in [6.07, 6.45) is 3.75. The maximum absolute atomic E-state index is 12.9. The highest BCUT2D eigenvalue weighted by atomic mass is 32.2. The number of ether oxygens (including phenoxy) is 2. The number of rotatable bonds is 8. The minimum Gasteiger partial charge on any atom is -0.494 e. The van der Waals surface area contributed by atoms with Crippen molar-refractivity contribution in [3.05, 3.63) is 24.3 Å². The number of amides is 1. The topological polar surface area (TPSA) is 102 Å². The molecule has 0 aromatic heterocycles. The van der Waals surface area contributed by atoms with Gasteiger partial charge in [-0.15, -0.1) is 0 Å². The van der Waals surface area contributed by atoms with E-state index in [-0.39, 0.29) is 42.4 Å². The highest BCUT2D eigenvalue weighted by Gasteiger charge is 2.45. The zero-order valence-electron chi connectivity index (χ0n) is 18.3. The van der Waals surface area contributed by atoms with E-state index >= 15 is 0 Å². The second-order valence-corrected chi connectivity index (χ2v) is 10.0. The van der Waals surface area contributed by atoms with Crippen molar-refractivity contribution in [2.24, 2.45) is 5.92 Å². The van der Waals surface area contributed by atoms with Gasteiger partial charge in [0.2, 0.25) is 15.9 Å². The molecule has 1 aromatic carbocycles. The number of benzene rings is 1. The van der Waals surface area contributed by atoms with E-state index in [1.54, 1.807) is 31.2 Å². The van der Waals surface area contributed by atoms with E-state index in [1.807, 2.05) is 6.92 Å². The molecule has 3 rings (SSSR count). The quantitative estimate of drug-likeness (QED) is 0.608. The summed E-state index contributed by atoms with van der Waals surface area (Å²) in [7, 11) is -3.63. The lowest BCUT2D eigenvalue weighted by molar-refractivity contribution is -0.153. The average Bonchev–Trinajstić information content (AvgIpc) is 3.24. The van der Waals surface area contributed by atoms with Gasteiger partial charge in [-0.3, -0.25) is 4.79 Å². The van der Waals surface area contributed by atoms with Gasteiger partial charge in [0, 0.05) is 19.0 Å². The number of hydrogen-bond donors (Lipinski definition) is 1. The molecule has 0 bridgehead atoms. The van der Waals surface area contributed by atoms with E-state index in [2.05, 4.69) is 5.32 Å². The van der Waals surface area contributed by atoms with Crippen LogP contribution in [0.25, 0.3) is 0 Å². The Labute approximate surface area is 184 Å². The summed E-state index contributed by atoms with van der Waals surface area (Å²) in [5.74, 6) is -0.248. The molecule has 1 aliphatic heterocycles. The first-order valence-corrected chi connectivity index (χ1v) is 12.5. The predicted molar refractivity (Wildman–Crippen MR) is 115 cm³/mol. The standard InChI is InChI=1S/C22H32N2O6S/c1-3-29-18-7-9-19(10-8-18)31(27,28)24-15-11-17(12-16-24)20(25)23-22(13-5-6-14-22)21(26)30-4-2/h7-10,17H,3-6,11-16H2,1-2H3,(H,23,25). The van der Waals surface area contributed by atoms with Gasteiger partial charge in [0.1, 0.15) is 11.3 Å². The van der Waals surface area contributed by atoms with E-state index in [0.29, 0.717) is 38.0 Å². The van der Waals surface area contributed by atoms with Crippen molar-refractivity contribution >= 4 is 21.9 Å². The van der Waals surface area contributed by atoms with Crippen molar-refractivity contribution < 1.29 is 27.5 Å². The van der Waals surface area contributed by atoms with E-state index < -0.39 is 15.6 Å². The number of esters is 1. The molecular formula is C22H32N2O6S. The first kappa shape index (κ1) is 23.5. The fourth-order valence-electron chi connectivity index (χ4n) is 4.35. The zero-order valence-corrected chi connectivity index (χ0v) is 19.1. The third-order valence-electron chi connectivity index (χ3n) is 6.08. The average molecular weight is 453 g/mol. The van der Waals surface area contributed by atoms with Crippen LogP contribution in [-0.2, 0) is 24.3 Å². The van der Waals surface area contributed by atoms with Gasteiger partial charge in [-0.25, -0.2) is 13.2 Å². The molecule has 9 heteroatoms. The van der Waals surface area contributed by atoms with Crippen molar-refractivity contribution in [1.29, 1.82) is 0 Å². The Morgan fingerprint density at radius 1 is 1.06 bits per heavy atom. The summed E-state index contributed by atoms with van der Waals surface area (Å²) in [5.41, 5.74) is -0.932. The van der Waals surface area contributed by atoms with Crippen molar-refractivity contribution in [3.8, 4) is 5.75 Å². The summed E-state index contributed by atoms with van der Waals surface area (Å²) < 4.78 is 37.9. The first-order valence-electron chi connectivity index (χ1n) is 11.0. The number of piperidine rings is 1. The summed E-state index contributed by atoms with van der Waals surface area (Å²) in [4.78, 5) is 25.6. The van der Waals surface area contributed by atoms with Crippen molar-refractivity contribution in [2.75, 3.05) is 26.3 Å². The summed E-state index contributed by atoms with van der Waals surface area (Å²) in [5, 5.41) is 2.95. The monoisotopic (exact) mass is 452 g/mol. The number of hydrogen-bond acceptors (Lipinski definition) is 6. The van der Waals surface area contributed by atoms with Crippen LogP contribution in [0.3, 0.4) is 0 Å². The number of nitrogens with zero attached hydrogens (tertiary/aromatic N) is 1. The van der Waals surface area contributed by atoms with Gasteiger partial charge in [-0.05, 0) is 63.8 Å². The Balaban J connectivity index is 1.60. The van der Waals surface area contributed by atoms with Gasteiger partial charge < -0.3 is 14.8 Å². The van der Waals surface area contributed by atoms with Gasteiger partial charge in [0.25, 0.3) is 0 Å². The Kier molecular flexibility index (Phi) is 7.59. The van der Waals surface area contributed by atoms with Crippen LogP contribution in [0.15, 0.2) is 29.2 Å². The molecule has 1 N–H and O–H groups in total. The fraction of sp³-hybridized carbons (Fsp3) is 0.636. The molecule has 2 aliphatic rings. The molecule has 2 fully saturated rings. The lowest BCUT2D eigenvalue weighted by Gasteiger charge is -2.34. The van der Waals surface area contributed by atoms with E-state index in [0.717, 1.165) is 12.8 Å². The molecule has 1 saturated heterocycles. The largest absolute Gasteiger partial charge is 0.494 e. The Bertz CT molecular complexity index is 870. The smallest absolute Gasteiger partial charge is 0.331 e. The molecule has 1 aliphatic carbocycles. The molecule has 1 heterocycles. The number of carbonyl (C=O) groups is 2. The fourth-order valence-corrected chi connectivity index (χ4v) is 5.82. The third-order valence-corrected chi connectivity index (χ3v) is 8.00. The normalized spacial score (nSPS) is 19.7. The molecule has 1 aromatic rings. The molecule has 172 valence electrons. The Morgan fingerprint density at radius 2 is 1.68 bits per heavy atom. The summed E-state index contributed by atoms with van der Waals surface area (Å²) in [6, 6.07) is 6.38. The molecular weight excluding hydrogens is 420 g/mol. The molecule has 0 spiro atoms. The van der Waals surface area contributed by atoms with Crippen molar-refractivity contribution in [2.45, 2.75) is 62.8 Å². The van der Waals surface area contributed by atoms with E-state index in [4.69, 9.17) is 9.47 Å². The van der Waals surface area contributed by atoms with Crippen LogP contribution in [0.2, 0.25) is 0 Å².